The van der Waals surface area contributed by atoms with Gasteiger partial charge in [-0.3, -0.25) is 14.6 Å². The third-order valence-corrected chi connectivity index (χ3v) is 3.83. The number of likely N-dealkylation sites (N-methyl/N-ethyl adjacent to an activating group) is 1. The summed E-state index contributed by atoms with van der Waals surface area (Å²) in [6.45, 7) is 0.683. The van der Waals surface area contributed by atoms with Crippen molar-refractivity contribution in [3.8, 4) is 0 Å². The van der Waals surface area contributed by atoms with Crippen molar-refractivity contribution in [2.24, 2.45) is 0 Å². The van der Waals surface area contributed by atoms with Crippen LogP contribution in [0.4, 0.5) is 0 Å². The maximum atomic E-state index is 12.3. The second kappa shape index (κ2) is 4.04. The molecule has 18 heavy (non-hydrogen) atoms. The first-order chi connectivity index (χ1) is 8.68. The fourth-order valence-electron chi connectivity index (χ4n) is 2.85. The Morgan fingerprint density at radius 2 is 2.22 bits per heavy atom. The Labute approximate surface area is 105 Å². The highest BCUT2D eigenvalue weighted by atomic mass is 16.2. The minimum atomic E-state index is -0.126. The van der Waals surface area contributed by atoms with Crippen LogP contribution in [0, 0.1) is 0 Å². The predicted molar refractivity (Wildman–Crippen MR) is 62.6 cm³/mol. The van der Waals surface area contributed by atoms with Crippen LogP contribution in [-0.4, -0.2) is 57.3 Å². The zero-order valence-corrected chi connectivity index (χ0v) is 10.1. The lowest BCUT2D eigenvalue weighted by molar-refractivity contribution is -0.127. The summed E-state index contributed by atoms with van der Waals surface area (Å²) in [5.41, 5.74) is 0.347. The van der Waals surface area contributed by atoms with Crippen molar-refractivity contribution < 1.29 is 9.59 Å². The van der Waals surface area contributed by atoms with Crippen molar-refractivity contribution >= 4 is 11.8 Å². The van der Waals surface area contributed by atoms with Crippen LogP contribution in [0.25, 0.3) is 0 Å². The molecule has 0 radical (unpaired) electrons. The quantitative estimate of drug-likeness (QED) is 0.695. The average Bonchev–Trinajstić information content (AvgIpc) is 2.92. The van der Waals surface area contributed by atoms with E-state index in [1.807, 2.05) is 7.05 Å². The number of carbonyl (C=O) groups excluding carboxylic acids is 2. The van der Waals surface area contributed by atoms with Gasteiger partial charge in [-0.1, -0.05) is 0 Å². The van der Waals surface area contributed by atoms with Gasteiger partial charge in [-0.05, 0) is 6.42 Å². The predicted octanol–water partition coefficient (Wildman–Crippen LogP) is -0.0782. The summed E-state index contributed by atoms with van der Waals surface area (Å²) in [5, 5.41) is 0. The molecule has 1 aromatic rings. The van der Waals surface area contributed by atoms with Crippen LogP contribution < -0.4 is 0 Å². The van der Waals surface area contributed by atoms with Gasteiger partial charge < -0.3 is 9.80 Å². The highest BCUT2D eigenvalue weighted by Crippen LogP contribution is 2.31. The Hall–Kier alpha value is -1.98. The fraction of sp³-hybridized carbons (Fsp3) is 0.500. The lowest BCUT2D eigenvalue weighted by atomic mass is 10.1. The molecule has 94 valence electrons. The summed E-state index contributed by atoms with van der Waals surface area (Å²) in [7, 11) is 1.81. The SMILES string of the molecule is CN1C(=O)C[C@@H]2[C@H]1CCN2C(=O)c1cnccn1. The van der Waals surface area contributed by atoms with Crippen LogP contribution in [0.5, 0.6) is 0 Å². The second-order valence-corrected chi connectivity index (χ2v) is 4.72. The standard InChI is InChI=1S/C12H14N4O2/c1-15-9-2-5-16(10(9)6-11(15)17)12(18)8-7-13-3-4-14-8/h3-4,7,9-10H,2,5-6H2,1H3/t9-,10-/m1/s1. The van der Waals surface area contributed by atoms with Crippen molar-refractivity contribution in [3.63, 3.8) is 0 Å². The molecule has 1 aromatic heterocycles. The largest absolute Gasteiger partial charge is 0.341 e. The number of hydrogen-bond acceptors (Lipinski definition) is 4. The number of nitrogens with zero attached hydrogens (tertiary/aromatic N) is 4. The number of aromatic nitrogens is 2. The van der Waals surface area contributed by atoms with Gasteiger partial charge in [0.05, 0.1) is 18.3 Å². The molecule has 0 spiro atoms. The van der Waals surface area contributed by atoms with Gasteiger partial charge in [-0.25, -0.2) is 4.98 Å². The monoisotopic (exact) mass is 246 g/mol. The first kappa shape index (κ1) is 11.1. The highest BCUT2D eigenvalue weighted by molar-refractivity contribution is 5.93. The Morgan fingerprint density at radius 1 is 1.39 bits per heavy atom. The van der Waals surface area contributed by atoms with E-state index in [1.54, 1.807) is 9.80 Å². The summed E-state index contributed by atoms with van der Waals surface area (Å²) in [5.74, 6) is -0.0136. The molecule has 2 amide bonds. The van der Waals surface area contributed by atoms with Gasteiger partial charge in [0, 0.05) is 32.4 Å². The summed E-state index contributed by atoms with van der Waals surface area (Å²) in [4.78, 5) is 35.4. The van der Waals surface area contributed by atoms with Crippen LogP contribution in [-0.2, 0) is 4.79 Å². The summed E-state index contributed by atoms with van der Waals surface area (Å²) >= 11 is 0. The number of fused-ring (bicyclic) bond motifs is 1. The van der Waals surface area contributed by atoms with Crippen LogP contribution in [0.3, 0.4) is 0 Å². The van der Waals surface area contributed by atoms with Gasteiger partial charge in [0.1, 0.15) is 5.69 Å². The fourth-order valence-corrected chi connectivity index (χ4v) is 2.85. The molecule has 2 saturated heterocycles. The van der Waals surface area contributed by atoms with E-state index in [2.05, 4.69) is 9.97 Å². The summed E-state index contributed by atoms with van der Waals surface area (Å²) < 4.78 is 0. The lowest BCUT2D eigenvalue weighted by Crippen LogP contribution is -2.39. The molecule has 0 bridgehead atoms. The first-order valence-corrected chi connectivity index (χ1v) is 6.01. The van der Waals surface area contributed by atoms with Gasteiger partial charge in [-0.15, -0.1) is 0 Å². The van der Waals surface area contributed by atoms with E-state index in [1.165, 1.54) is 18.6 Å². The van der Waals surface area contributed by atoms with Crippen LogP contribution in [0.1, 0.15) is 23.3 Å². The van der Waals surface area contributed by atoms with Crippen LogP contribution in [0.15, 0.2) is 18.6 Å². The highest BCUT2D eigenvalue weighted by Gasteiger charge is 2.47. The number of likely N-dealkylation sites (tertiary alicyclic amines) is 2. The molecular formula is C12H14N4O2. The molecule has 2 aliphatic heterocycles. The van der Waals surface area contributed by atoms with Gasteiger partial charge in [-0.2, -0.15) is 0 Å². The molecule has 0 saturated carbocycles. The minimum Gasteiger partial charge on any atom is -0.341 e. The third kappa shape index (κ3) is 1.56. The smallest absolute Gasteiger partial charge is 0.274 e. The Bertz CT molecular complexity index is 490. The van der Waals surface area contributed by atoms with E-state index in [0.29, 0.717) is 18.7 Å². The maximum Gasteiger partial charge on any atom is 0.274 e. The van der Waals surface area contributed by atoms with E-state index in [-0.39, 0.29) is 23.9 Å². The molecule has 0 aromatic carbocycles. The molecular weight excluding hydrogens is 232 g/mol. The number of carbonyl (C=O) groups is 2. The Kier molecular flexibility index (Phi) is 2.50. The third-order valence-electron chi connectivity index (χ3n) is 3.83. The van der Waals surface area contributed by atoms with E-state index in [4.69, 9.17) is 0 Å². The summed E-state index contributed by atoms with van der Waals surface area (Å²) in [6, 6.07) is 0.162. The molecule has 2 atom stereocenters. The first-order valence-electron chi connectivity index (χ1n) is 6.01. The van der Waals surface area contributed by atoms with Crippen LogP contribution >= 0.6 is 0 Å². The molecule has 3 heterocycles. The Balaban J connectivity index is 1.83. The zero-order chi connectivity index (χ0) is 12.7. The summed E-state index contributed by atoms with van der Waals surface area (Å²) in [6.07, 6.45) is 5.78. The van der Waals surface area contributed by atoms with Gasteiger partial charge in [0.2, 0.25) is 5.91 Å². The molecule has 2 fully saturated rings. The van der Waals surface area contributed by atoms with E-state index < -0.39 is 0 Å². The van der Waals surface area contributed by atoms with E-state index in [0.717, 1.165) is 6.42 Å². The molecule has 0 N–H and O–H groups in total. The van der Waals surface area contributed by atoms with Crippen molar-refractivity contribution in [2.75, 3.05) is 13.6 Å². The molecule has 6 nitrogen and oxygen atoms in total. The number of rotatable bonds is 1. The second-order valence-electron chi connectivity index (χ2n) is 4.72. The van der Waals surface area contributed by atoms with Gasteiger partial charge in [0.25, 0.3) is 5.91 Å². The van der Waals surface area contributed by atoms with Gasteiger partial charge in [0.15, 0.2) is 0 Å². The van der Waals surface area contributed by atoms with Crippen molar-refractivity contribution in [1.82, 2.24) is 19.8 Å². The lowest BCUT2D eigenvalue weighted by Gasteiger charge is -2.23. The van der Waals surface area contributed by atoms with Crippen molar-refractivity contribution in [1.29, 1.82) is 0 Å². The molecule has 0 aliphatic carbocycles. The maximum absolute atomic E-state index is 12.3. The zero-order valence-electron chi connectivity index (χ0n) is 10.1. The average molecular weight is 246 g/mol. The molecule has 3 rings (SSSR count). The van der Waals surface area contributed by atoms with Gasteiger partial charge >= 0.3 is 0 Å². The minimum absolute atomic E-state index is 0.00277. The normalized spacial score (nSPS) is 26.6. The van der Waals surface area contributed by atoms with E-state index in [9.17, 15) is 9.59 Å². The van der Waals surface area contributed by atoms with Crippen LogP contribution in [0.2, 0.25) is 0 Å². The Morgan fingerprint density at radius 3 is 2.94 bits per heavy atom. The van der Waals surface area contributed by atoms with Crippen molar-refractivity contribution in [2.45, 2.75) is 24.9 Å². The molecule has 2 aliphatic rings. The number of hydrogen-bond donors (Lipinski definition) is 0. The van der Waals surface area contributed by atoms with E-state index >= 15 is 0 Å². The molecule has 6 heteroatoms. The van der Waals surface area contributed by atoms with Crippen molar-refractivity contribution in [3.05, 3.63) is 24.3 Å². The topological polar surface area (TPSA) is 66.4 Å². The number of amides is 2. The molecule has 0 unspecified atom stereocenters.